The van der Waals surface area contributed by atoms with Gasteiger partial charge in [0.05, 0.1) is 11.9 Å². The van der Waals surface area contributed by atoms with Crippen molar-refractivity contribution in [2.75, 3.05) is 23.7 Å². The van der Waals surface area contributed by atoms with Gasteiger partial charge in [0.25, 0.3) is 0 Å². The summed E-state index contributed by atoms with van der Waals surface area (Å²) in [5.41, 5.74) is 2.54. The first-order chi connectivity index (χ1) is 20.4. The highest BCUT2D eigenvalue weighted by atomic mass is 32.2. The average molecular weight is 612 g/mol. The molecule has 1 atom stereocenters. The SMILES string of the molecule is CC[C@H](C(=O)NCC(C)C)N(Cc1ccc(F)cc1)C(=O)CN(c1ccc(C23CC4CC(CC(C4)C2)C3)cc1)S(C)(=O)=O. The van der Waals surface area contributed by atoms with Gasteiger partial charge in [0.2, 0.25) is 21.8 Å². The summed E-state index contributed by atoms with van der Waals surface area (Å²) >= 11 is 0. The summed E-state index contributed by atoms with van der Waals surface area (Å²) in [6.07, 6.45) is 9.13. The minimum absolute atomic E-state index is 0.0509. The maximum Gasteiger partial charge on any atom is 0.244 e. The fraction of sp³-hybridized carbons (Fsp3) is 0.588. The highest BCUT2D eigenvalue weighted by molar-refractivity contribution is 7.92. The molecule has 6 rings (SSSR count). The maximum atomic E-state index is 13.9. The Bertz CT molecular complexity index is 1370. The van der Waals surface area contributed by atoms with Crippen molar-refractivity contribution in [2.24, 2.45) is 23.7 Å². The van der Waals surface area contributed by atoms with Gasteiger partial charge in [-0.25, -0.2) is 12.8 Å². The molecule has 2 aromatic rings. The standard InChI is InChI=1S/C34H46FN3O4S/c1-5-31(33(40)36-20-23(2)3)37(21-24-6-10-29(35)11-7-24)32(39)22-38(43(4,41)42)30-12-8-28(9-13-30)34-17-25-14-26(18-34)16-27(15-25)19-34/h6-13,23,25-27,31H,5,14-22H2,1-4H3,(H,36,40)/t25?,26?,27?,31-,34?/m1/s1. The van der Waals surface area contributed by atoms with E-state index >= 15 is 0 Å². The molecule has 43 heavy (non-hydrogen) atoms. The number of hydrogen-bond acceptors (Lipinski definition) is 4. The van der Waals surface area contributed by atoms with E-state index in [4.69, 9.17) is 0 Å². The molecule has 0 saturated heterocycles. The van der Waals surface area contributed by atoms with Crippen molar-refractivity contribution in [3.63, 3.8) is 0 Å². The fourth-order valence-electron chi connectivity index (χ4n) is 8.19. The largest absolute Gasteiger partial charge is 0.354 e. The molecule has 2 aromatic carbocycles. The molecule has 0 aliphatic heterocycles. The van der Waals surface area contributed by atoms with E-state index in [0.717, 1.165) is 28.3 Å². The Kier molecular flexibility index (Phi) is 9.21. The smallest absolute Gasteiger partial charge is 0.244 e. The second-order valence-corrected chi connectivity index (χ2v) is 15.6. The van der Waals surface area contributed by atoms with Crippen LogP contribution in [-0.4, -0.2) is 50.5 Å². The molecule has 4 fully saturated rings. The predicted molar refractivity (Wildman–Crippen MR) is 167 cm³/mol. The zero-order chi connectivity index (χ0) is 30.9. The van der Waals surface area contributed by atoms with E-state index in [9.17, 15) is 22.4 Å². The normalized spacial score (nSPS) is 25.0. The van der Waals surface area contributed by atoms with Crippen molar-refractivity contribution in [2.45, 2.75) is 83.7 Å². The maximum absolute atomic E-state index is 13.9. The number of nitrogens with zero attached hydrogens (tertiary/aromatic N) is 2. The Morgan fingerprint density at radius 1 is 0.953 bits per heavy atom. The van der Waals surface area contributed by atoms with Gasteiger partial charge in [0, 0.05) is 13.1 Å². The van der Waals surface area contributed by atoms with E-state index in [1.54, 1.807) is 12.1 Å². The monoisotopic (exact) mass is 611 g/mol. The Morgan fingerprint density at radius 3 is 2.00 bits per heavy atom. The lowest BCUT2D eigenvalue weighted by atomic mass is 9.48. The molecule has 4 saturated carbocycles. The number of hydrogen-bond donors (Lipinski definition) is 1. The summed E-state index contributed by atoms with van der Waals surface area (Å²) < 4.78 is 40.9. The zero-order valence-electron chi connectivity index (χ0n) is 25.9. The molecule has 7 nitrogen and oxygen atoms in total. The Balaban J connectivity index is 1.39. The first-order valence-electron chi connectivity index (χ1n) is 15.8. The first-order valence-corrected chi connectivity index (χ1v) is 17.6. The third-order valence-corrected chi connectivity index (χ3v) is 11.0. The van der Waals surface area contributed by atoms with Crippen molar-refractivity contribution in [1.82, 2.24) is 10.2 Å². The first kappa shape index (κ1) is 31.5. The van der Waals surface area contributed by atoms with Crippen LogP contribution in [-0.2, 0) is 31.6 Å². The van der Waals surface area contributed by atoms with Gasteiger partial charge in [-0.3, -0.25) is 13.9 Å². The number of rotatable bonds is 12. The molecule has 9 heteroatoms. The Hall–Kier alpha value is -2.94. The molecule has 4 bridgehead atoms. The number of sulfonamides is 1. The van der Waals surface area contributed by atoms with Gasteiger partial charge in [0.15, 0.2) is 0 Å². The minimum atomic E-state index is -3.82. The van der Waals surface area contributed by atoms with Crippen LogP contribution in [0.4, 0.5) is 10.1 Å². The molecule has 2 amide bonds. The molecule has 234 valence electrons. The summed E-state index contributed by atoms with van der Waals surface area (Å²) in [5, 5.41) is 2.91. The number of nitrogens with one attached hydrogen (secondary N) is 1. The van der Waals surface area contributed by atoms with Crippen LogP contribution in [0.3, 0.4) is 0 Å². The molecule has 0 radical (unpaired) electrons. The van der Waals surface area contributed by atoms with Crippen molar-refractivity contribution in [3.8, 4) is 0 Å². The van der Waals surface area contributed by atoms with Crippen LogP contribution in [0.5, 0.6) is 0 Å². The predicted octanol–water partition coefficient (Wildman–Crippen LogP) is 5.64. The van der Waals surface area contributed by atoms with E-state index < -0.39 is 34.3 Å². The quantitative estimate of drug-likeness (QED) is 0.337. The topological polar surface area (TPSA) is 86.8 Å². The lowest BCUT2D eigenvalue weighted by molar-refractivity contribution is -0.140. The van der Waals surface area contributed by atoms with Crippen LogP contribution in [0.25, 0.3) is 0 Å². The number of anilines is 1. The van der Waals surface area contributed by atoms with Gasteiger partial charge < -0.3 is 10.2 Å². The van der Waals surface area contributed by atoms with Crippen molar-refractivity contribution in [3.05, 3.63) is 65.5 Å². The van der Waals surface area contributed by atoms with E-state index in [-0.39, 0.29) is 23.8 Å². The third-order valence-electron chi connectivity index (χ3n) is 9.82. The Labute approximate surface area is 256 Å². The lowest BCUT2D eigenvalue weighted by Crippen LogP contribution is -2.52. The number of halogens is 1. The summed E-state index contributed by atoms with van der Waals surface area (Å²) in [7, 11) is -3.82. The van der Waals surface area contributed by atoms with Gasteiger partial charge in [-0.05, 0) is 109 Å². The molecule has 0 aromatic heterocycles. The summed E-state index contributed by atoms with van der Waals surface area (Å²) in [6, 6.07) is 12.8. The van der Waals surface area contributed by atoms with Crippen molar-refractivity contribution >= 4 is 27.5 Å². The number of carbonyl (C=O) groups excluding carboxylic acids is 2. The van der Waals surface area contributed by atoms with Gasteiger partial charge in [-0.15, -0.1) is 0 Å². The lowest BCUT2D eigenvalue weighted by Gasteiger charge is -2.57. The number of carbonyl (C=O) groups is 2. The van der Waals surface area contributed by atoms with E-state index in [1.807, 2.05) is 32.9 Å². The average Bonchev–Trinajstić information content (AvgIpc) is 2.94. The molecule has 4 aliphatic rings. The molecule has 0 spiro atoms. The van der Waals surface area contributed by atoms with E-state index in [1.165, 1.54) is 61.1 Å². The summed E-state index contributed by atoms with van der Waals surface area (Å²) in [5.74, 6) is 1.43. The minimum Gasteiger partial charge on any atom is -0.354 e. The second-order valence-electron chi connectivity index (χ2n) is 13.7. The molecular weight excluding hydrogens is 565 g/mol. The summed E-state index contributed by atoms with van der Waals surface area (Å²) in [6.45, 7) is 5.86. The van der Waals surface area contributed by atoms with Crippen LogP contribution < -0.4 is 9.62 Å². The molecule has 4 aliphatic carbocycles. The molecule has 0 unspecified atom stereocenters. The Morgan fingerprint density at radius 2 is 1.51 bits per heavy atom. The third kappa shape index (κ3) is 7.08. The van der Waals surface area contributed by atoms with Gasteiger partial charge in [-0.1, -0.05) is 45.0 Å². The highest BCUT2D eigenvalue weighted by Crippen LogP contribution is 2.60. The van der Waals surface area contributed by atoms with Crippen LogP contribution in [0.15, 0.2) is 48.5 Å². The number of benzene rings is 2. The van der Waals surface area contributed by atoms with Crippen LogP contribution in [0, 0.1) is 29.5 Å². The number of amides is 2. The van der Waals surface area contributed by atoms with Gasteiger partial charge >= 0.3 is 0 Å². The zero-order valence-corrected chi connectivity index (χ0v) is 26.7. The van der Waals surface area contributed by atoms with Crippen LogP contribution in [0.2, 0.25) is 0 Å². The van der Waals surface area contributed by atoms with Gasteiger partial charge in [0.1, 0.15) is 18.4 Å². The van der Waals surface area contributed by atoms with Crippen LogP contribution in [0.1, 0.15) is 76.8 Å². The van der Waals surface area contributed by atoms with E-state index in [2.05, 4.69) is 17.4 Å². The van der Waals surface area contributed by atoms with E-state index in [0.29, 0.717) is 24.2 Å². The second kappa shape index (κ2) is 12.6. The fourth-order valence-corrected chi connectivity index (χ4v) is 9.04. The molecule has 0 heterocycles. The van der Waals surface area contributed by atoms with Gasteiger partial charge in [-0.2, -0.15) is 0 Å². The summed E-state index contributed by atoms with van der Waals surface area (Å²) in [4.78, 5) is 28.6. The molecular formula is C34H46FN3O4S. The molecule has 1 N–H and O–H groups in total. The van der Waals surface area contributed by atoms with Crippen molar-refractivity contribution in [1.29, 1.82) is 0 Å². The highest BCUT2D eigenvalue weighted by Gasteiger charge is 2.51. The van der Waals surface area contributed by atoms with Crippen molar-refractivity contribution < 1.29 is 22.4 Å². The van der Waals surface area contributed by atoms with Crippen LogP contribution >= 0.6 is 0 Å².